The van der Waals surface area contributed by atoms with Crippen molar-refractivity contribution in [3.8, 4) is 0 Å². The van der Waals surface area contributed by atoms with Crippen LogP contribution in [-0.2, 0) is 14.3 Å². The van der Waals surface area contributed by atoms with E-state index in [4.69, 9.17) is 9.84 Å². The van der Waals surface area contributed by atoms with Crippen LogP contribution >= 0.6 is 0 Å². The van der Waals surface area contributed by atoms with E-state index >= 15 is 0 Å². The van der Waals surface area contributed by atoms with E-state index in [1.54, 1.807) is 0 Å². The molecule has 2 fully saturated rings. The summed E-state index contributed by atoms with van der Waals surface area (Å²) in [5.41, 5.74) is 0. The van der Waals surface area contributed by atoms with Crippen LogP contribution in [0.4, 0.5) is 0 Å². The molecule has 2 N–H and O–H groups in total. The van der Waals surface area contributed by atoms with Crippen LogP contribution in [-0.4, -0.2) is 60.8 Å². The molecule has 0 bridgehead atoms. The van der Waals surface area contributed by atoms with Crippen LogP contribution in [0.25, 0.3) is 0 Å². The molecule has 0 radical (unpaired) electrons. The van der Waals surface area contributed by atoms with Crippen molar-refractivity contribution < 1.29 is 19.4 Å². The number of carbonyl (C=O) groups is 2. The molecule has 0 atom stereocenters. The summed E-state index contributed by atoms with van der Waals surface area (Å²) in [7, 11) is 0. The van der Waals surface area contributed by atoms with Crippen LogP contribution < -0.4 is 5.32 Å². The number of ether oxygens (including phenoxy) is 1. The SMILES string of the molecule is O=C(CN1CCC(C(=O)O)CC1)NC1CCOCC1. The Hall–Kier alpha value is -1.14. The van der Waals surface area contributed by atoms with Gasteiger partial charge < -0.3 is 15.2 Å². The van der Waals surface area contributed by atoms with Gasteiger partial charge in [0, 0.05) is 19.3 Å². The number of rotatable bonds is 4. The maximum absolute atomic E-state index is 11.9. The second-order valence-corrected chi connectivity index (χ2v) is 5.34. The van der Waals surface area contributed by atoms with Crippen LogP contribution in [0.15, 0.2) is 0 Å². The molecular weight excluding hydrogens is 248 g/mol. The molecule has 0 aromatic rings. The van der Waals surface area contributed by atoms with Crippen LogP contribution in [0.2, 0.25) is 0 Å². The van der Waals surface area contributed by atoms with Crippen molar-refractivity contribution in [2.45, 2.75) is 31.7 Å². The minimum Gasteiger partial charge on any atom is -0.481 e. The number of nitrogens with zero attached hydrogens (tertiary/aromatic N) is 1. The predicted molar refractivity (Wildman–Crippen MR) is 68.8 cm³/mol. The minimum absolute atomic E-state index is 0.0423. The standard InChI is InChI=1S/C13H22N2O4/c16-12(14-11-3-7-19-8-4-11)9-15-5-1-10(2-6-15)13(17)18/h10-11H,1-9H2,(H,14,16)(H,17,18). The lowest BCUT2D eigenvalue weighted by Gasteiger charge is -2.30. The molecule has 0 aromatic heterocycles. The fourth-order valence-corrected chi connectivity index (χ4v) is 2.66. The van der Waals surface area contributed by atoms with Gasteiger partial charge in [0.2, 0.25) is 5.91 Å². The Balaban J connectivity index is 1.67. The normalized spacial score (nSPS) is 23.2. The van der Waals surface area contributed by atoms with Crippen molar-refractivity contribution >= 4 is 11.9 Å². The average molecular weight is 270 g/mol. The molecule has 6 nitrogen and oxygen atoms in total. The van der Waals surface area contributed by atoms with Crippen molar-refractivity contribution in [3.05, 3.63) is 0 Å². The second-order valence-electron chi connectivity index (χ2n) is 5.34. The third-order valence-electron chi connectivity index (χ3n) is 3.89. The van der Waals surface area contributed by atoms with Gasteiger partial charge in [-0.05, 0) is 38.8 Å². The van der Waals surface area contributed by atoms with Gasteiger partial charge in [0.05, 0.1) is 12.5 Å². The molecule has 2 heterocycles. The third kappa shape index (κ3) is 4.47. The zero-order valence-electron chi connectivity index (χ0n) is 11.1. The lowest BCUT2D eigenvalue weighted by Crippen LogP contribution is -2.46. The number of nitrogens with one attached hydrogen (secondary N) is 1. The molecule has 1 amide bonds. The molecule has 0 saturated carbocycles. The Labute approximate surface area is 113 Å². The van der Waals surface area contributed by atoms with E-state index in [1.165, 1.54) is 0 Å². The summed E-state index contributed by atoms with van der Waals surface area (Å²) in [4.78, 5) is 24.8. The summed E-state index contributed by atoms with van der Waals surface area (Å²) >= 11 is 0. The third-order valence-corrected chi connectivity index (χ3v) is 3.89. The molecule has 2 saturated heterocycles. The molecule has 2 aliphatic heterocycles. The van der Waals surface area contributed by atoms with Gasteiger partial charge in [-0.25, -0.2) is 0 Å². The van der Waals surface area contributed by atoms with Gasteiger partial charge in [-0.3, -0.25) is 14.5 Å². The molecule has 108 valence electrons. The highest BCUT2D eigenvalue weighted by Gasteiger charge is 2.26. The number of amides is 1. The summed E-state index contributed by atoms with van der Waals surface area (Å²) in [6.07, 6.45) is 3.04. The fourth-order valence-electron chi connectivity index (χ4n) is 2.66. The predicted octanol–water partition coefficient (Wildman–Crippen LogP) is 0.0782. The van der Waals surface area contributed by atoms with E-state index in [1.807, 2.05) is 4.90 Å². The Morgan fingerprint density at radius 2 is 1.79 bits per heavy atom. The smallest absolute Gasteiger partial charge is 0.306 e. The first-order valence-corrected chi connectivity index (χ1v) is 6.97. The van der Waals surface area contributed by atoms with E-state index in [0.29, 0.717) is 32.5 Å². The molecule has 0 unspecified atom stereocenters. The number of carboxylic acids is 1. The number of aliphatic carboxylic acids is 1. The van der Waals surface area contributed by atoms with Gasteiger partial charge in [-0.15, -0.1) is 0 Å². The van der Waals surface area contributed by atoms with Crippen molar-refractivity contribution in [1.29, 1.82) is 0 Å². The summed E-state index contributed by atoms with van der Waals surface area (Å²) in [6, 6.07) is 0.234. The zero-order valence-corrected chi connectivity index (χ0v) is 11.1. The molecule has 2 rings (SSSR count). The molecule has 19 heavy (non-hydrogen) atoms. The van der Waals surface area contributed by atoms with Gasteiger partial charge >= 0.3 is 5.97 Å². The first kappa shape index (κ1) is 14.3. The van der Waals surface area contributed by atoms with Gasteiger partial charge in [-0.1, -0.05) is 0 Å². The van der Waals surface area contributed by atoms with Gasteiger partial charge in [-0.2, -0.15) is 0 Å². The number of hydrogen-bond acceptors (Lipinski definition) is 4. The number of carbonyl (C=O) groups excluding carboxylic acids is 1. The molecule has 2 aliphatic rings. The van der Waals surface area contributed by atoms with Crippen molar-refractivity contribution in [3.63, 3.8) is 0 Å². The second kappa shape index (κ2) is 6.86. The van der Waals surface area contributed by atoms with Crippen LogP contribution in [0.3, 0.4) is 0 Å². The molecule has 6 heteroatoms. The van der Waals surface area contributed by atoms with Gasteiger partial charge in [0.25, 0.3) is 0 Å². The largest absolute Gasteiger partial charge is 0.481 e. The monoisotopic (exact) mass is 270 g/mol. The highest BCUT2D eigenvalue weighted by molar-refractivity contribution is 5.78. The lowest BCUT2D eigenvalue weighted by molar-refractivity contribution is -0.143. The first-order valence-electron chi connectivity index (χ1n) is 6.97. The van der Waals surface area contributed by atoms with Gasteiger partial charge in [0.1, 0.15) is 0 Å². The van der Waals surface area contributed by atoms with Crippen LogP contribution in [0.5, 0.6) is 0 Å². The van der Waals surface area contributed by atoms with Crippen molar-refractivity contribution in [2.24, 2.45) is 5.92 Å². The van der Waals surface area contributed by atoms with E-state index < -0.39 is 5.97 Å². The molecular formula is C13H22N2O4. The average Bonchev–Trinajstić information content (AvgIpc) is 2.40. The number of likely N-dealkylation sites (tertiary alicyclic amines) is 1. The van der Waals surface area contributed by atoms with E-state index in [2.05, 4.69) is 5.32 Å². The Bertz CT molecular complexity index is 321. The highest BCUT2D eigenvalue weighted by Crippen LogP contribution is 2.16. The van der Waals surface area contributed by atoms with Crippen LogP contribution in [0.1, 0.15) is 25.7 Å². The highest BCUT2D eigenvalue weighted by atomic mass is 16.5. The molecule has 0 aliphatic carbocycles. The quantitative estimate of drug-likeness (QED) is 0.756. The van der Waals surface area contributed by atoms with E-state index in [9.17, 15) is 9.59 Å². The van der Waals surface area contributed by atoms with Crippen LogP contribution in [0, 0.1) is 5.92 Å². The molecule has 0 spiro atoms. The zero-order chi connectivity index (χ0) is 13.7. The number of carboxylic acid groups (broad SMARTS) is 1. The molecule has 0 aromatic carbocycles. The number of piperidine rings is 1. The summed E-state index contributed by atoms with van der Waals surface area (Å²) in [5, 5.41) is 11.9. The Morgan fingerprint density at radius 1 is 1.16 bits per heavy atom. The summed E-state index contributed by atoms with van der Waals surface area (Å²) in [6.45, 7) is 3.20. The van der Waals surface area contributed by atoms with Gasteiger partial charge in [0.15, 0.2) is 0 Å². The van der Waals surface area contributed by atoms with E-state index in [-0.39, 0.29) is 17.9 Å². The fraction of sp³-hybridized carbons (Fsp3) is 0.846. The van der Waals surface area contributed by atoms with E-state index in [0.717, 1.165) is 26.1 Å². The Morgan fingerprint density at radius 3 is 2.37 bits per heavy atom. The maximum atomic E-state index is 11.9. The lowest BCUT2D eigenvalue weighted by atomic mass is 9.97. The van der Waals surface area contributed by atoms with Crippen molar-refractivity contribution in [1.82, 2.24) is 10.2 Å². The minimum atomic E-state index is -0.716. The first-order chi connectivity index (χ1) is 9.15. The topological polar surface area (TPSA) is 78.9 Å². The maximum Gasteiger partial charge on any atom is 0.306 e. The van der Waals surface area contributed by atoms with Crippen molar-refractivity contribution in [2.75, 3.05) is 32.8 Å². The Kier molecular flexibility index (Phi) is 5.15. The summed E-state index contributed by atoms with van der Waals surface area (Å²) < 4.78 is 5.25. The summed E-state index contributed by atoms with van der Waals surface area (Å²) in [5.74, 6) is -0.915. The number of hydrogen-bond donors (Lipinski definition) is 2.